The molecule has 0 aliphatic rings. The van der Waals surface area contributed by atoms with Crippen molar-refractivity contribution in [3.05, 3.63) is 64.6 Å². The molecule has 0 saturated heterocycles. The topological polar surface area (TPSA) is 60.1 Å². The lowest BCUT2D eigenvalue weighted by molar-refractivity contribution is 0.442. The number of hydrogen-bond acceptors (Lipinski definition) is 4. The van der Waals surface area contributed by atoms with Crippen molar-refractivity contribution in [3.8, 4) is 0 Å². The molecule has 0 saturated carbocycles. The summed E-state index contributed by atoms with van der Waals surface area (Å²) in [5, 5.41) is 3.64. The second-order valence-electron chi connectivity index (χ2n) is 4.59. The van der Waals surface area contributed by atoms with Crippen molar-refractivity contribution in [1.29, 1.82) is 0 Å². The summed E-state index contributed by atoms with van der Waals surface area (Å²) in [5.74, 6) is 1.60. The first-order valence-electron chi connectivity index (χ1n) is 6.44. The fourth-order valence-electron chi connectivity index (χ4n) is 2.16. The lowest BCUT2D eigenvalue weighted by Crippen LogP contribution is -2.20. The van der Waals surface area contributed by atoms with Crippen LogP contribution in [0.3, 0.4) is 0 Å². The molecule has 5 heteroatoms. The van der Waals surface area contributed by atoms with Crippen LogP contribution in [-0.4, -0.2) is 16.6 Å². The van der Waals surface area contributed by atoms with E-state index in [1.54, 1.807) is 17.0 Å². The molecule has 0 aliphatic carbocycles. The van der Waals surface area contributed by atoms with Crippen molar-refractivity contribution in [2.75, 3.05) is 7.05 Å². The second kappa shape index (κ2) is 5.30. The molecule has 0 spiro atoms. The summed E-state index contributed by atoms with van der Waals surface area (Å²) in [6, 6.07) is 11.1. The Morgan fingerprint density at radius 3 is 2.85 bits per heavy atom. The van der Waals surface area contributed by atoms with E-state index in [-0.39, 0.29) is 5.56 Å². The van der Waals surface area contributed by atoms with Crippen LogP contribution < -0.4 is 10.9 Å². The summed E-state index contributed by atoms with van der Waals surface area (Å²) in [6.07, 6.45) is 1.56. The number of aromatic nitrogens is 2. The van der Waals surface area contributed by atoms with Crippen molar-refractivity contribution in [2.45, 2.75) is 13.1 Å². The molecular formula is C15H15N3O2. The van der Waals surface area contributed by atoms with Crippen LogP contribution in [0.25, 0.3) is 10.9 Å². The van der Waals surface area contributed by atoms with Crippen LogP contribution in [0.1, 0.15) is 11.5 Å². The maximum atomic E-state index is 12.3. The number of nitrogens with zero attached hydrogens (tertiary/aromatic N) is 2. The highest BCUT2D eigenvalue weighted by Crippen LogP contribution is 2.10. The molecule has 0 bridgehead atoms. The van der Waals surface area contributed by atoms with Gasteiger partial charge in [-0.3, -0.25) is 9.36 Å². The van der Waals surface area contributed by atoms with Gasteiger partial charge in [0.25, 0.3) is 5.56 Å². The molecule has 102 valence electrons. The Bertz CT molecular complexity index is 789. The lowest BCUT2D eigenvalue weighted by Gasteiger charge is -2.04. The molecule has 0 amide bonds. The first-order chi connectivity index (χ1) is 9.78. The highest BCUT2D eigenvalue weighted by Gasteiger charge is 2.06. The van der Waals surface area contributed by atoms with E-state index in [1.165, 1.54) is 0 Å². The highest BCUT2D eigenvalue weighted by atomic mass is 16.3. The maximum Gasteiger partial charge on any atom is 0.261 e. The zero-order valence-electron chi connectivity index (χ0n) is 11.2. The zero-order chi connectivity index (χ0) is 13.9. The van der Waals surface area contributed by atoms with Gasteiger partial charge in [0, 0.05) is 0 Å². The highest BCUT2D eigenvalue weighted by molar-refractivity contribution is 5.76. The second-order valence-corrected chi connectivity index (χ2v) is 4.59. The minimum atomic E-state index is -0.0535. The Labute approximate surface area is 115 Å². The van der Waals surface area contributed by atoms with Gasteiger partial charge in [0.05, 0.1) is 30.3 Å². The van der Waals surface area contributed by atoms with Gasteiger partial charge >= 0.3 is 0 Å². The normalized spacial score (nSPS) is 11.1. The smallest absolute Gasteiger partial charge is 0.261 e. The van der Waals surface area contributed by atoms with Crippen LogP contribution in [-0.2, 0) is 13.1 Å². The van der Waals surface area contributed by atoms with Crippen molar-refractivity contribution < 1.29 is 4.42 Å². The van der Waals surface area contributed by atoms with Gasteiger partial charge in [-0.2, -0.15) is 0 Å². The molecule has 2 heterocycles. The van der Waals surface area contributed by atoms with E-state index in [0.717, 1.165) is 11.5 Å². The molecular weight excluding hydrogens is 254 g/mol. The fourth-order valence-corrected chi connectivity index (χ4v) is 2.16. The number of nitrogens with one attached hydrogen (secondary N) is 1. The van der Waals surface area contributed by atoms with E-state index in [2.05, 4.69) is 10.3 Å². The summed E-state index contributed by atoms with van der Waals surface area (Å²) in [4.78, 5) is 16.6. The molecule has 0 fully saturated rings. The maximum absolute atomic E-state index is 12.3. The van der Waals surface area contributed by atoms with Gasteiger partial charge in [0.15, 0.2) is 0 Å². The Hall–Kier alpha value is -2.40. The summed E-state index contributed by atoms with van der Waals surface area (Å²) in [6.45, 7) is 1.06. The third kappa shape index (κ3) is 2.35. The number of fused-ring (bicyclic) bond motifs is 1. The molecule has 20 heavy (non-hydrogen) atoms. The number of benzene rings is 1. The molecule has 3 aromatic rings. The van der Waals surface area contributed by atoms with Crippen LogP contribution in [0, 0.1) is 0 Å². The third-order valence-corrected chi connectivity index (χ3v) is 3.13. The van der Waals surface area contributed by atoms with Crippen molar-refractivity contribution in [3.63, 3.8) is 0 Å². The zero-order valence-corrected chi connectivity index (χ0v) is 11.2. The van der Waals surface area contributed by atoms with Gasteiger partial charge in [-0.1, -0.05) is 12.1 Å². The number of rotatable bonds is 4. The van der Waals surface area contributed by atoms with E-state index in [1.807, 2.05) is 37.4 Å². The standard InChI is InChI=1S/C15H15N3O2/c1-16-8-11-6-7-12(20-11)9-18-10-17-14-5-3-2-4-13(14)15(18)19/h2-7,10,16H,8-9H2,1H3. The fraction of sp³-hybridized carbons (Fsp3) is 0.200. The molecule has 0 aliphatic heterocycles. The van der Waals surface area contributed by atoms with Gasteiger partial charge in [0.1, 0.15) is 11.5 Å². The van der Waals surface area contributed by atoms with Crippen molar-refractivity contribution in [2.24, 2.45) is 0 Å². The number of para-hydroxylation sites is 1. The van der Waals surface area contributed by atoms with Gasteiger partial charge in [-0.25, -0.2) is 4.98 Å². The average molecular weight is 269 g/mol. The summed E-state index contributed by atoms with van der Waals surface area (Å²) >= 11 is 0. The van der Waals surface area contributed by atoms with Crippen molar-refractivity contribution >= 4 is 10.9 Å². The Balaban J connectivity index is 1.94. The molecule has 2 aromatic heterocycles. The Kier molecular flexibility index (Phi) is 3.35. The summed E-state index contributed by atoms with van der Waals surface area (Å²) in [5.41, 5.74) is 0.659. The van der Waals surface area contributed by atoms with Crippen LogP contribution in [0.4, 0.5) is 0 Å². The van der Waals surface area contributed by atoms with E-state index >= 15 is 0 Å². The predicted molar refractivity (Wildman–Crippen MR) is 76.6 cm³/mol. The summed E-state index contributed by atoms with van der Waals surface area (Å²) < 4.78 is 7.20. The molecule has 0 atom stereocenters. The monoisotopic (exact) mass is 269 g/mol. The predicted octanol–water partition coefficient (Wildman–Crippen LogP) is 1.76. The van der Waals surface area contributed by atoms with Gasteiger partial charge in [0.2, 0.25) is 0 Å². The lowest BCUT2D eigenvalue weighted by atomic mass is 10.2. The quantitative estimate of drug-likeness (QED) is 0.784. The molecule has 0 unspecified atom stereocenters. The number of furan rings is 1. The van der Waals surface area contributed by atoms with Crippen LogP contribution in [0.2, 0.25) is 0 Å². The average Bonchev–Trinajstić information content (AvgIpc) is 2.90. The van der Waals surface area contributed by atoms with Crippen LogP contribution in [0.5, 0.6) is 0 Å². The molecule has 1 aromatic carbocycles. The Morgan fingerprint density at radius 2 is 2.00 bits per heavy atom. The molecule has 5 nitrogen and oxygen atoms in total. The minimum absolute atomic E-state index is 0.0535. The first-order valence-corrected chi connectivity index (χ1v) is 6.44. The van der Waals surface area contributed by atoms with Crippen molar-refractivity contribution in [1.82, 2.24) is 14.9 Å². The van der Waals surface area contributed by atoms with E-state index < -0.39 is 0 Å². The van der Waals surface area contributed by atoms with Crippen LogP contribution >= 0.6 is 0 Å². The SMILES string of the molecule is CNCc1ccc(Cn2cnc3ccccc3c2=O)o1. The minimum Gasteiger partial charge on any atom is -0.463 e. The largest absolute Gasteiger partial charge is 0.463 e. The molecule has 1 N–H and O–H groups in total. The van der Waals surface area contributed by atoms with Gasteiger partial charge in [-0.15, -0.1) is 0 Å². The van der Waals surface area contributed by atoms with Gasteiger partial charge in [-0.05, 0) is 31.3 Å². The van der Waals surface area contributed by atoms with Gasteiger partial charge < -0.3 is 9.73 Å². The molecule has 3 rings (SSSR count). The van der Waals surface area contributed by atoms with E-state index in [4.69, 9.17) is 4.42 Å². The summed E-state index contributed by atoms with van der Waals surface area (Å²) in [7, 11) is 1.86. The first kappa shape index (κ1) is 12.6. The number of hydrogen-bond donors (Lipinski definition) is 1. The molecule has 0 radical (unpaired) electrons. The van der Waals surface area contributed by atoms with Crippen LogP contribution in [0.15, 0.2) is 51.9 Å². The Morgan fingerprint density at radius 1 is 1.20 bits per heavy atom. The third-order valence-electron chi connectivity index (χ3n) is 3.13. The van der Waals surface area contributed by atoms with E-state index in [9.17, 15) is 4.79 Å². The van der Waals surface area contributed by atoms with E-state index in [0.29, 0.717) is 24.0 Å².